The monoisotopic (exact) mass is 341 g/mol. The van der Waals surface area contributed by atoms with E-state index in [-0.39, 0.29) is 24.5 Å². The predicted octanol–water partition coefficient (Wildman–Crippen LogP) is 3.83. The molecular formula is C20H23NO4. The van der Waals surface area contributed by atoms with Crippen LogP contribution in [-0.4, -0.2) is 25.4 Å². The number of carbonyl (C=O) groups is 2. The van der Waals surface area contributed by atoms with E-state index in [0.717, 1.165) is 11.3 Å². The lowest BCUT2D eigenvalue weighted by molar-refractivity contribution is -0.116. The van der Waals surface area contributed by atoms with Crippen LogP contribution in [0.2, 0.25) is 0 Å². The second-order valence-corrected chi connectivity index (χ2v) is 5.56. The molecule has 0 atom stereocenters. The Hall–Kier alpha value is -2.66. The average Bonchev–Trinajstić information content (AvgIpc) is 2.61. The number of nitrogens with one attached hydrogen (secondary N) is 1. The van der Waals surface area contributed by atoms with Gasteiger partial charge >= 0.3 is 0 Å². The van der Waals surface area contributed by atoms with Gasteiger partial charge in [0.1, 0.15) is 5.75 Å². The number of amides is 1. The number of benzene rings is 2. The largest absolute Gasteiger partial charge is 0.494 e. The molecule has 0 heterocycles. The summed E-state index contributed by atoms with van der Waals surface area (Å²) in [4.78, 5) is 24.2. The third kappa shape index (κ3) is 6.04. The second kappa shape index (κ2) is 9.59. The van der Waals surface area contributed by atoms with Gasteiger partial charge in [-0.2, -0.15) is 0 Å². The average molecular weight is 341 g/mol. The number of anilines is 1. The standard InChI is InChI=1S/C20H23NO4/c1-3-25-18-9-7-16(8-10-18)19(22)11-12-20(23)21-17-6-4-5-15(13-17)14-24-2/h4-10,13H,3,11-12,14H2,1-2H3,(H,21,23). The molecule has 0 fully saturated rings. The maximum absolute atomic E-state index is 12.2. The highest BCUT2D eigenvalue weighted by molar-refractivity contribution is 6.00. The van der Waals surface area contributed by atoms with E-state index in [0.29, 0.717) is 24.5 Å². The van der Waals surface area contributed by atoms with E-state index >= 15 is 0 Å². The van der Waals surface area contributed by atoms with Crippen molar-refractivity contribution in [1.29, 1.82) is 0 Å². The van der Waals surface area contributed by atoms with E-state index in [1.165, 1.54) is 0 Å². The van der Waals surface area contributed by atoms with Gasteiger partial charge in [0.2, 0.25) is 5.91 Å². The molecule has 0 unspecified atom stereocenters. The van der Waals surface area contributed by atoms with Crippen molar-refractivity contribution in [3.8, 4) is 5.75 Å². The Morgan fingerprint density at radius 2 is 1.80 bits per heavy atom. The number of Topliss-reactive ketones (excluding diaryl/α,β-unsaturated/α-hetero) is 1. The summed E-state index contributed by atoms with van der Waals surface area (Å²) in [6.07, 6.45) is 0.304. The minimum atomic E-state index is -0.186. The Morgan fingerprint density at radius 3 is 2.48 bits per heavy atom. The van der Waals surface area contributed by atoms with Crippen molar-refractivity contribution in [3.63, 3.8) is 0 Å². The van der Waals surface area contributed by atoms with Gasteiger partial charge in [-0.05, 0) is 48.9 Å². The second-order valence-electron chi connectivity index (χ2n) is 5.56. The first-order chi connectivity index (χ1) is 12.1. The lowest BCUT2D eigenvalue weighted by atomic mass is 10.1. The molecule has 0 aliphatic rings. The number of ketones is 1. The van der Waals surface area contributed by atoms with E-state index in [9.17, 15) is 9.59 Å². The van der Waals surface area contributed by atoms with Crippen LogP contribution >= 0.6 is 0 Å². The van der Waals surface area contributed by atoms with Crippen LogP contribution < -0.4 is 10.1 Å². The molecule has 0 saturated heterocycles. The Labute approximate surface area is 148 Å². The van der Waals surface area contributed by atoms with Gasteiger partial charge in [-0.1, -0.05) is 12.1 Å². The van der Waals surface area contributed by atoms with Gasteiger partial charge in [0.25, 0.3) is 0 Å². The van der Waals surface area contributed by atoms with Crippen molar-refractivity contribution in [1.82, 2.24) is 0 Å². The molecule has 25 heavy (non-hydrogen) atoms. The summed E-state index contributed by atoms with van der Waals surface area (Å²) in [5.74, 6) is 0.480. The number of carbonyl (C=O) groups excluding carboxylic acids is 2. The van der Waals surface area contributed by atoms with E-state index in [1.54, 1.807) is 31.4 Å². The number of ether oxygens (including phenoxy) is 2. The first-order valence-electron chi connectivity index (χ1n) is 8.26. The van der Waals surface area contributed by atoms with Crippen molar-refractivity contribution in [3.05, 3.63) is 59.7 Å². The van der Waals surface area contributed by atoms with Crippen LogP contribution in [0, 0.1) is 0 Å². The third-order valence-corrected chi connectivity index (χ3v) is 3.59. The smallest absolute Gasteiger partial charge is 0.224 e. The maximum atomic E-state index is 12.2. The van der Waals surface area contributed by atoms with Crippen LogP contribution in [0.5, 0.6) is 5.75 Å². The number of rotatable bonds is 9. The minimum Gasteiger partial charge on any atom is -0.494 e. The molecule has 0 aliphatic carbocycles. The highest BCUT2D eigenvalue weighted by Crippen LogP contribution is 2.15. The zero-order chi connectivity index (χ0) is 18.1. The summed E-state index contributed by atoms with van der Waals surface area (Å²) >= 11 is 0. The molecule has 0 spiro atoms. The van der Waals surface area contributed by atoms with Crippen LogP contribution in [0.1, 0.15) is 35.7 Å². The fourth-order valence-electron chi connectivity index (χ4n) is 2.40. The SMILES string of the molecule is CCOc1ccc(C(=O)CCC(=O)Nc2cccc(COC)c2)cc1. The molecule has 2 aromatic rings. The van der Waals surface area contributed by atoms with Crippen LogP contribution in [0.15, 0.2) is 48.5 Å². The Balaban J connectivity index is 1.84. The van der Waals surface area contributed by atoms with E-state index < -0.39 is 0 Å². The maximum Gasteiger partial charge on any atom is 0.224 e. The number of hydrogen-bond donors (Lipinski definition) is 1. The molecule has 1 N–H and O–H groups in total. The van der Waals surface area contributed by atoms with Crippen LogP contribution in [0.3, 0.4) is 0 Å². The van der Waals surface area contributed by atoms with Gasteiger partial charge in [0, 0.05) is 31.2 Å². The molecule has 5 heteroatoms. The Morgan fingerprint density at radius 1 is 1.04 bits per heavy atom. The van der Waals surface area contributed by atoms with Crippen molar-refractivity contribution in [2.24, 2.45) is 0 Å². The normalized spacial score (nSPS) is 10.3. The molecule has 0 saturated carbocycles. The fourth-order valence-corrected chi connectivity index (χ4v) is 2.40. The van der Waals surface area contributed by atoms with Gasteiger partial charge in [0.15, 0.2) is 5.78 Å². The van der Waals surface area contributed by atoms with E-state index in [4.69, 9.17) is 9.47 Å². The molecule has 5 nitrogen and oxygen atoms in total. The number of hydrogen-bond acceptors (Lipinski definition) is 4. The van der Waals surface area contributed by atoms with Crippen LogP contribution in [0.4, 0.5) is 5.69 Å². The molecule has 0 aromatic heterocycles. The van der Waals surface area contributed by atoms with Crippen molar-refractivity contribution in [2.75, 3.05) is 19.0 Å². The quantitative estimate of drug-likeness (QED) is 0.704. The van der Waals surface area contributed by atoms with Gasteiger partial charge in [-0.15, -0.1) is 0 Å². The summed E-state index contributed by atoms with van der Waals surface area (Å²) < 4.78 is 10.4. The van der Waals surface area contributed by atoms with Crippen LogP contribution in [0.25, 0.3) is 0 Å². The summed E-state index contributed by atoms with van der Waals surface area (Å²) in [5.41, 5.74) is 2.26. The molecule has 2 aromatic carbocycles. The highest BCUT2D eigenvalue weighted by Gasteiger charge is 2.10. The summed E-state index contributed by atoms with van der Waals surface area (Å²) in [6, 6.07) is 14.4. The Bertz CT molecular complexity index is 710. The molecule has 0 radical (unpaired) electrons. The van der Waals surface area contributed by atoms with Crippen molar-refractivity contribution < 1.29 is 19.1 Å². The lowest BCUT2D eigenvalue weighted by Crippen LogP contribution is -2.13. The molecule has 1 amide bonds. The van der Waals surface area contributed by atoms with Crippen molar-refractivity contribution in [2.45, 2.75) is 26.4 Å². The van der Waals surface area contributed by atoms with E-state index in [2.05, 4.69) is 5.32 Å². The topological polar surface area (TPSA) is 64.6 Å². The van der Waals surface area contributed by atoms with Gasteiger partial charge in [-0.25, -0.2) is 0 Å². The molecule has 0 bridgehead atoms. The predicted molar refractivity (Wildman–Crippen MR) is 97.0 cm³/mol. The van der Waals surface area contributed by atoms with Crippen molar-refractivity contribution >= 4 is 17.4 Å². The molecule has 0 aliphatic heterocycles. The first kappa shape index (κ1) is 18.7. The minimum absolute atomic E-state index is 0.0636. The molecule has 132 valence electrons. The Kier molecular flexibility index (Phi) is 7.16. The third-order valence-electron chi connectivity index (χ3n) is 3.59. The number of methoxy groups -OCH3 is 1. The van der Waals surface area contributed by atoms with Gasteiger partial charge in [0.05, 0.1) is 13.2 Å². The zero-order valence-electron chi connectivity index (χ0n) is 14.6. The first-order valence-corrected chi connectivity index (χ1v) is 8.26. The lowest BCUT2D eigenvalue weighted by Gasteiger charge is -2.07. The summed E-state index contributed by atoms with van der Waals surface area (Å²) in [6.45, 7) is 2.97. The van der Waals surface area contributed by atoms with E-state index in [1.807, 2.05) is 31.2 Å². The fraction of sp³-hybridized carbons (Fsp3) is 0.300. The molecular weight excluding hydrogens is 318 g/mol. The zero-order valence-corrected chi connectivity index (χ0v) is 14.6. The van der Waals surface area contributed by atoms with Gasteiger partial charge in [-0.3, -0.25) is 9.59 Å². The summed E-state index contributed by atoms with van der Waals surface area (Å²) in [5, 5.41) is 2.81. The molecule has 2 rings (SSSR count). The highest BCUT2D eigenvalue weighted by atomic mass is 16.5. The van der Waals surface area contributed by atoms with Crippen LogP contribution in [-0.2, 0) is 16.1 Å². The summed E-state index contributed by atoms with van der Waals surface area (Å²) in [7, 11) is 1.62. The van der Waals surface area contributed by atoms with Gasteiger partial charge < -0.3 is 14.8 Å².